The summed E-state index contributed by atoms with van der Waals surface area (Å²) in [5.74, 6) is -2.34. The van der Waals surface area contributed by atoms with E-state index in [9.17, 15) is 31.2 Å². The Balaban J connectivity index is 2.23. The summed E-state index contributed by atoms with van der Waals surface area (Å²) in [7, 11) is -4.79. The molecule has 0 aromatic heterocycles. The van der Waals surface area contributed by atoms with Crippen LogP contribution in [0, 0.1) is 12.3 Å². The van der Waals surface area contributed by atoms with Gasteiger partial charge in [-0.05, 0) is 37.3 Å². The van der Waals surface area contributed by atoms with Crippen LogP contribution in [-0.2, 0) is 19.6 Å². The first-order valence-electron chi connectivity index (χ1n) is 10.4. The second kappa shape index (κ2) is 7.98. The largest absolute Gasteiger partial charge is 0.421 e. The third-order valence-corrected chi connectivity index (χ3v) is 7.37. The molecule has 2 aliphatic rings. The lowest BCUT2D eigenvalue weighted by Crippen LogP contribution is -2.66. The van der Waals surface area contributed by atoms with E-state index in [0.29, 0.717) is 18.4 Å². The Morgan fingerprint density at radius 2 is 1.69 bits per heavy atom. The minimum absolute atomic E-state index is 0.0262. The summed E-state index contributed by atoms with van der Waals surface area (Å²) in [6.45, 7) is 6.97. The fourth-order valence-corrected chi connectivity index (χ4v) is 5.64. The van der Waals surface area contributed by atoms with Crippen molar-refractivity contribution in [3.05, 3.63) is 41.1 Å². The van der Waals surface area contributed by atoms with Crippen LogP contribution in [0.3, 0.4) is 0 Å². The number of carbonyl (C=O) groups excluding carboxylic acids is 2. The number of alkyl halides is 3. The maximum Gasteiger partial charge on any atom is 0.421 e. The molecule has 1 aromatic rings. The Morgan fingerprint density at radius 1 is 1.09 bits per heavy atom. The molecule has 1 atom stereocenters. The molecule has 1 aliphatic heterocycles. The highest BCUT2D eigenvalue weighted by Crippen LogP contribution is 2.52. The molecule has 0 saturated carbocycles. The number of benzene rings is 1. The van der Waals surface area contributed by atoms with Crippen LogP contribution in [-0.4, -0.2) is 43.3 Å². The number of sulfonamides is 1. The number of halogens is 3. The fraction of sp³-hybridized carbons (Fsp3) is 0.545. The lowest BCUT2D eigenvalue weighted by molar-refractivity contribution is -0.188. The molecule has 1 heterocycles. The van der Waals surface area contributed by atoms with E-state index >= 15 is 0 Å². The number of allylic oxidation sites excluding steroid dienone is 1. The highest BCUT2D eigenvalue weighted by molar-refractivity contribution is 7.89. The Hall–Kier alpha value is -2.20. The molecule has 1 unspecified atom stereocenters. The summed E-state index contributed by atoms with van der Waals surface area (Å²) in [6.07, 6.45) is -4.49. The maximum atomic E-state index is 14.6. The molecule has 10 heteroatoms. The number of unbranched alkanes of at least 4 members (excludes halogenated alkanes) is 1. The van der Waals surface area contributed by atoms with Crippen molar-refractivity contribution in [1.29, 1.82) is 0 Å². The van der Waals surface area contributed by atoms with Crippen molar-refractivity contribution in [3.8, 4) is 0 Å². The van der Waals surface area contributed by atoms with Crippen LogP contribution in [0.1, 0.15) is 52.0 Å². The van der Waals surface area contributed by atoms with Crippen molar-refractivity contribution in [2.24, 2.45) is 5.41 Å². The van der Waals surface area contributed by atoms with Crippen molar-refractivity contribution in [2.45, 2.75) is 70.0 Å². The first-order valence-corrected chi connectivity index (χ1v) is 11.9. The first kappa shape index (κ1) is 24.4. The van der Waals surface area contributed by atoms with Crippen LogP contribution in [0.15, 0.2) is 40.4 Å². The molecular weight excluding hydrogens is 445 g/mol. The highest BCUT2D eigenvalue weighted by Gasteiger charge is 2.72. The van der Waals surface area contributed by atoms with E-state index in [4.69, 9.17) is 0 Å². The topological polar surface area (TPSA) is 83.6 Å². The number of carbonyl (C=O) groups is 2. The molecule has 0 spiro atoms. The molecule has 0 radical (unpaired) electrons. The zero-order valence-corrected chi connectivity index (χ0v) is 19.3. The van der Waals surface area contributed by atoms with Gasteiger partial charge >= 0.3 is 6.18 Å². The Bertz CT molecular complexity index is 1080. The number of hydrogen-bond donors (Lipinski definition) is 1. The number of rotatable bonds is 6. The fourth-order valence-electron chi connectivity index (χ4n) is 4.32. The van der Waals surface area contributed by atoms with Crippen molar-refractivity contribution >= 4 is 21.7 Å². The predicted molar refractivity (Wildman–Crippen MR) is 112 cm³/mol. The molecule has 0 saturated heterocycles. The summed E-state index contributed by atoms with van der Waals surface area (Å²) < 4.78 is 71.6. The smallest absolute Gasteiger partial charge is 0.313 e. The van der Waals surface area contributed by atoms with Crippen molar-refractivity contribution in [1.82, 2.24) is 9.62 Å². The lowest BCUT2D eigenvalue weighted by Gasteiger charge is -2.35. The molecule has 6 nitrogen and oxygen atoms in total. The van der Waals surface area contributed by atoms with E-state index in [1.54, 1.807) is 25.5 Å². The predicted octanol–water partition coefficient (Wildman–Crippen LogP) is 3.86. The number of nitrogens with one attached hydrogen (secondary N) is 1. The van der Waals surface area contributed by atoms with Gasteiger partial charge in [-0.2, -0.15) is 17.9 Å². The Kier molecular flexibility index (Phi) is 6.10. The molecule has 0 bridgehead atoms. The van der Waals surface area contributed by atoms with Gasteiger partial charge in [0.15, 0.2) is 5.78 Å². The molecule has 0 fully saturated rings. The molecule has 1 amide bonds. The van der Waals surface area contributed by atoms with Crippen LogP contribution in [0.4, 0.5) is 13.2 Å². The van der Waals surface area contributed by atoms with Crippen molar-refractivity contribution in [2.75, 3.05) is 6.54 Å². The summed E-state index contributed by atoms with van der Waals surface area (Å²) in [6, 6.07) is 5.21. The van der Waals surface area contributed by atoms with Gasteiger partial charge in [-0.3, -0.25) is 9.59 Å². The van der Waals surface area contributed by atoms with Crippen LogP contribution < -0.4 is 4.72 Å². The van der Waals surface area contributed by atoms with Gasteiger partial charge in [-0.25, -0.2) is 8.42 Å². The number of hydrogen-bond acceptors (Lipinski definition) is 4. The molecule has 176 valence electrons. The number of amides is 1. The van der Waals surface area contributed by atoms with Gasteiger partial charge < -0.3 is 4.90 Å². The van der Waals surface area contributed by atoms with Crippen LogP contribution in [0.25, 0.3) is 0 Å². The van der Waals surface area contributed by atoms with E-state index in [1.165, 1.54) is 12.1 Å². The minimum atomic E-state index is -5.36. The van der Waals surface area contributed by atoms with Crippen molar-refractivity contribution in [3.63, 3.8) is 0 Å². The summed E-state index contributed by atoms with van der Waals surface area (Å²) in [4.78, 5) is 26.9. The van der Waals surface area contributed by atoms with Crippen LogP contribution in [0.2, 0.25) is 0 Å². The standard InChI is InChI=1S/C22H27F3N2O4S/c1-5-6-11-27-16-12-20(3,4)13-17(28)18(16)21(19(27)29,22(23,24)25)26-32(30,31)15-9-7-14(2)8-10-15/h7-10,26H,5-6,11-13H2,1-4H3. The second-order valence-electron chi connectivity index (χ2n) is 9.24. The first-order chi connectivity index (χ1) is 14.7. The monoisotopic (exact) mass is 472 g/mol. The summed E-state index contributed by atoms with van der Waals surface area (Å²) in [5, 5.41) is 0. The molecule has 32 heavy (non-hydrogen) atoms. The Morgan fingerprint density at radius 3 is 2.22 bits per heavy atom. The molecule has 1 aliphatic carbocycles. The van der Waals surface area contributed by atoms with Crippen LogP contribution in [0.5, 0.6) is 0 Å². The minimum Gasteiger partial charge on any atom is -0.313 e. The van der Waals surface area contributed by atoms with E-state index in [2.05, 4.69) is 0 Å². The molecular formula is C22H27F3N2O4S. The zero-order chi connectivity index (χ0) is 24.1. The second-order valence-corrected chi connectivity index (χ2v) is 10.9. The molecule has 1 aromatic carbocycles. The lowest BCUT2D eigenvalue weighted by atomic mass is 9.72. The van der Waals surface area contributed by atoms with E-state index in [-0.39, 0.29) is 25.1 Å². The SMILES string of the molecule is CCCCN1C(=O)C(NS(=O)(=O)c2ccc(C)cc2)(C(F)(F)F)C2=C1CC(C)(C)CC2=O. The highest BCUT2D eigenvalue weighted by atomic mass is 32.2. The summed E-state index contributed by atoms with van der Waals surface area (Å²) in [5.41, 5.74) is -4.41. The van der Waals surface area contributed by atoms with Gasteiger partial charge in [-0.1, -0.05) is 44.9 Å². The summed E-state index contributed by atoms with van der Waals surface area (Å²) >= 11 is 0. The average Bonchev–Trinajstić information content (AvgIpc) is 2.87. The number of aryl methyl sites for hydroxylation is 1. The van der Waals surface area contributed by atoms with E-state index < -0.39 is 49.3 Å². The maximum absolute atomic E-state index is 14.6. The van der Waals surface area contributed by atoms with E-state index in [1.807, 2.05) is 6.92 Å². The normalized spacial score (nSPS) is 23.7. The van der Waals surface area contributed by atoms with Crippen molar-refractivity contribution < 1.29 is 31.2 Å². The zero-order valence-electron chi connectivity index (χ0n) is 18.5. The van der Waals surface area contributed by atoms with Gasteiger partial charge in [0, 0.05) is 18.7 Å². The van der Waals surface area contributed by atoms with Gasteiger partial charge in [-0.15, -0.1) is 0 Å². The quantitative estimate of drug-likeness (QED) is 0.682. The number of nitrogens with zero attached hydrogens (tertiary/aromatic N) is 1. The van der Waals surface area contributed by atoms with E-state index in [0.717, 1.165) is 17.0 Å². The molecule has 3 rings (SSSR count). The van der Waals surface area contributed by atoms with Crippen LogP contribution >= 0.6 is 0 Å². The average molecular weight is 473 g/mol. The number of Topliss-reactive ketones (excluding diaryl/α,β-unsaturated/α-hetero) is 1. The third-order valence-electron chi connectivity index (χ3n) is 5.90. The Labute approximate surface area is 185 Å². The number of ketones is 1. The van der Waals surface area contributed by atoms with Gasteiger partial charge in [0.1, 0.15) is 0 Å². The van der Waals surface area contributed by atoms with Gasteiger partial charge in [0.05, 0.1) is 10.5 Å². The van der Waals surface area contributed by atoms with Gasteiger partial charge in [0.25, 0.3) is 5.91 Å². The molecule has 1 N–H and O–H groups in total. The third kappa shape index (κ3) is 3.98. The van der Waals surface area contributed by atoms with Gasteiger partial charge in [0.2, 0.25) is 15.6 Å².